The summed E-state index contributed by atoms with van der Waals surface area (Å²) in [6.07, 6.45) is 1.89. The molecule has 11 heteroatoms. The van der Waals surface area contributed by atoms with Crippen LogP contribution >= 0.6 is 0 Å². The topological polar surface area (TPSA) is 164 Å². The molecule has 11 nitrogen and oxygen atoms in total. The number of nitrogens with zero attached hydrogens (tertiary/aromatic N) is 6. The fourth-order valence-corrected chi connectivity index (χ4v) is 5.68. The van der Waals surface area contributed by atoms with Crippen LogP contribution in [0.15, 0.2) is 89.9 Å². The van der Waals surface area contributed by atoms with Crippen LogP contribution < -0.4 is 11.5 Å². The summed E-state index contributed by atoms with van der Waals surface area (Å²) in [6, 6.07) is 27.9. The SMILES string of the molecule is CCCc1nc2c(C)cc(-c3nc4ccccc4n3C)cc2n1Cc1ccc(-c2ccccc2C(=O)O)cc1.CN(C)C(=N)N=C(N)N. The number of hydrogen-bond donors (Lipinski definition) is 4. The van der Waals surface area contributed by atoms with Crippen molar-refractivity contribution in [2.45, 2.75) is 33.2 Å². The molecule has 6 aromatic rings. The number of aliphatic imine (C=N–C) groups is 1. The minimum atomic E-state index is -0.921. The molecule has 246 valence electrons. The molecule has 0 spiro atoms. The van der Waals surface area contributed by atoms with Crippen LogP contribution in [0.4, 0.5) is 0 Å². The molecule has 0 bridgehead atoms. The summed E-state index contributed by atoms with van der Waals surface area (Å²) in [7, 11) is 5.44. The van der Waals surface area contributed by atoms with E-state index in [2.05, 4.69) is 65.4 Å². The van der Waals surface area contributed by atoms with E-state index in [1.54, 1.807) is 26.2 Å². The van der Waals surface area contributed by atoms with Gasteiger partial charge in [0.2, 0.25) is 5.96 Å². The Morgan fingerprint density at radius 2 is 1.62 bits per heavy atom. The van der Waals surface area contributed by atoms with Crippen LogP contribution in [0.2, 0.25) is 0 Å². The molecule has 0 aliphatic rings. The van der Waals surface area contributed by atoms with Crippen molar-refractivity contribution >= 4 is 40.0 Å². The van der Waals surface area contributed by atoms with Gasteiger partial charge in [-0.15, -0.1) is 0 Å². The van der Waals surface area contributed by atoms with Gasteiger partial charge in [0.05, 0.1) is 27.6 Å². The van der Waals surface area contributed by atoms with Crippen LogP contribution in [0.3, 0.4) is 0 Å². The number of fused-ring (bicyclic) bond motifs is 2. The number of benzene rings is 4. The van der Waals surface area contributed by atoms with Crippen molar-refractivity contribution in [3.05, 3.63) is 107 Å². The third kappa shape index (κ3) is 7.05. The molecule has 0 amide bonds. The minimum Gasteiger partial charge on any atom is -0.478 e. The Balaban J connectivity index is 0.000000441. The number of guanidine groups is 2. The first-order valence-corrected chi connectivity index (χ1v) is 15.7. The van der Waals surface area contributed by atoms with Gasteiger partial charge in [-0.3, -0.25) is 5.41 Å². The Morgan fingerprint density at radius 3 is 2.25 bits per heavy atom. The van der Waals surface area contributed by atoms with Crippen molar-refractivity contribution in [3.63, 3.8) is 0 Å². The lowest BCUT2D eigenvalue weighted by atomic mass is 9.98. The van der Waals surface area contributed by atoms with E-state index in [0.717, 1.165) is 74.4 Å². The largest absolute Gasteiger partial charge is 0.478 e. The predicted molar refractivity (Wildman–Crippen MR) is 193 cm³/mol. The molecule has 0 aliphatic heterocycles. The number of aryl methyl sites for hydroxylation is 3. The average Bonchev–Trinajstić information content (AvgIpc) is 3.58. The van der Waals surface area contributed by atoms with Gasteiger partial charge in [0, 0.05) is 39.7 Å². The molecule has 6 rings (SSSR count). The van der Waals surface area contributed by atoms with Crippen molar-refractivity contribution in [2.24, 2.45) is 23.5 Å². The Labute approximate surface area is 279 Å². The maximum absolute atomic E-state index is 11.7. The summed E-state index contributed by atoms with van der Waals surface area (Å²) in [5.74, 6) is 1.05. The molecule has 0 atom stereocenters. The zero-order valence-electron chi connectivity index (χ0n) is 27.9. The lowest BCUT2D eigenvalue weighted by molar-refractivity contribution is 0.0697. The van der Waals surface area contributed by atoms with Gasteiger partial charge in [0.1, 0.15) is 11.6 Å². The smallest absolute Gasteiger partial charge is 0.336 e. The van der Waals surface area contributed by atoms with Crippen LogP contribution in [0, 0.1) is 12.3 Å². The van der Waals surface area contributed by atoms with Crippen molar-refractivity contribution in [1.82, 2.24) is 24.0 Å². The van der Waals surface area contributed by atoms with E-state index in [9.17, 15) is 9.90 Å². The van der Waals surface area contributed by atoms with Gasteiger partial charge in [0.25, 0.3) is 0 Å². The fourth-order valence-electron chi connectivity index (χ4n) is 5.68. The second-order valence-corrected chi connectivity index (χ2v) is 11.8. The molecule has 0 radical (unpaired) electrons. The Kier molecular flexibility index (Phi) is 9.88. The number of carboxylic acids is 1. The summed E-state index contributed by atoms with van der Waals surface area (Å²) in [5, 5.41) is 16.7. The third-order valence-electron chi connectivity index (χ3n) is 8.06. The van der Waals surface area contributed by atoms with Gasteiger partial charge in [-0.2, -0.15) is 4.99 Å². The highest BCUT2D eigenvalue weighted by atomic mass is 16.4. The molecule has 0 unspecified atom stereocenters. The number of imidazole rings is 2. The van der Waals surface area contributed by atoms with Crippen LogP contribution in [-0.4, -0.2) is 61.1 Å². The van der Waals surface area contributed by atoms with Gasteiger partial charge in [-0.25, -0.2) is 14.8 Å². The minimum absolute atomic E-state index is 0.0509. The molecule has 2 aromatic heterocycles. The van der Waals surface area contributed by atoms with Gasteiger partial charge < -0.3 is 30.6 Å². The molecule has 0 fully saturated rings. The quantitative estimate of drug-likeness (QED) is 0.122. The summed E-state index contributed by atoms with van der Waals surface area (Å²) in [4.78, 5) is 26.7. The normalized spacial score (nSPS) is 10.9. The Bertz CT molecular complexity index is 2140. The number of aromatic nitrogens is 4. The van der Waals surface area contributed by atoms with Gasteiger partial charge >= 0.3 is 5.97 Å². The molecule has 48 heavy (non-hydrogen) atoms. The number of nitrogens with two attached hydrogens (primary N) is 2. The van der Waals surface area contributed by atoms with Crippen molar-refractivity contribution in [2.75, 3.05) is 14.1 Å². The molecule has 4 aromatic carbocycles. The number of aromatic carboxylic acids is 1. The van der Waals surface area contributed by atoms with E-state index in [-0.39, 0.29) is 11.9 Å². The van der Waals surface area contributed by atoms with Gasteiger partial charge in [0.15, 0.2) is 5.96 Å². The molecule has 0 aliphatic carbocycles. The first-order valence-electron chi connectivity index (χ1n) is 15.7. The van der Waals surface area contributed by atoms with Gasteiger partial charge in [-0.05, 0) is 65.9 Å². The van der Waals surface area contributed by atoms with E-state index in [0.29, 0.717) is 12.1 Å². The number of para-hydroxylation sites is 2. The lowest BCUT2D eigenvalue weighted by Gasteiger charge is -2.12. The maximum Gasteiger partial charge on any atom is 0.336 e. The summed E-state index contributed by atoms with van der Waals surface area (Å²) in [5.41, 5.74) is 19.4. The second-order valence-electron chi connectivity index (χ2n) is 11.8. The number of carboxylic acid groups (broad SMARTS) is 1. The first kappa shape index (κ1) is 33.4. The van der Waals surface area contributed by atoms with Crippen molar-refractivity contribution in [3.8, 4) is 22.5 Å². The van der Waals surface area contributed by atoms with Crippen LogP contribution in [-0.2, 0) is 20.0 Å². The van der Waals surface area contributed by atoms with E-state index in [1.807, 2.05) is 42.5 Å². The van der Waals surface area contributed by atoms with Crippen molar-refractivity contribution in [1.29, 1.82) is 5.41 Å². The highest BCUT2D eigenvalue weighted by Gasteiger charge is 2.17. The first-order chi connectivity index (χ1) is 23.0. The van der Waals surface area contributed by atoms with Crippen LogP contribution in [0.5, 0.6) is 0 Å². The van der Waals surface area contributed by atoms with Crippen LogP contribution in [0.1, 0.15) is 40.7 Å². The van der Waals surface area contributed by atoms with E-state index in [1.165, 1.54) is 4.90 Å². The summed E-state index contributed by atoms with van der Waals surface area (Å²) >= 11 is 0. The number of rotatable bonds is 7. The zero-order chi connectivity index (χ0) is 34.5. The van der Waals surface area contributed by atoms with Crippen LogP contribution in [0.25, 0.3) is 44.6 Å². The molecule has 0 saturated heterocycles. The standard InChI is InChI=1S/C33H30N4O2.C4H11N5/c1-4-9-30-35-31-21(2)18-24(32-34-27-12-7-8-13-28(27)36(32)3)19-29(31)37(30)20-22-14-16-23(17-15-22)25-10-5-6-11-26(25)33(38)39;1-9(2)4(7)8-3(5)6/h5-8,10-19H,4,9,20H2,1-3H3,(H,38,39);1-2H3,(H5,5,6,7,8). The zero-order valence-corrected chi connectivity index (χ0v) is 27.9. The monoisotopic (exact) mass is 643 g/mol. The fraction of sp³-hybridized carbons (Fsp3) is 0.216. The van der Waals surface area contributed by atoms with Crippen molar-refractivity contribution < 1.29 is 9.90 Å². The molecular weight excluding hydrogens is 602 g/mol. The molecule has 0 saturated carbocycles. The van der Waals surface area contributed by atoms with E-state index < -0.39 is 5.97 Å². The second kappa shape index (κ2) is 14.2. The third-order valence-corrected chi connectivity index (χ3v) is 8.06. The molecule has 6 N–H and O–H groups in total. The summed E-state index contributed by atoms with van der Waals surface area (Å²) < 4.78 is 4.47. The lowest BCUT2D eigenvalue weighted by Crippen LogP contribution is -2.28. The number of hydrogen-bond acceptors (Lipinski definition) is 4. The molecular formula is C37H41N9O2. The highest BCUT2D eigenvalue weighted by Crippen LogP contribution is 2.31. The Hall–Kier alpha value is -5.97. The average molecular weight is 644 g/mol. The number of carbonyl (C=O) groups is 1. The highest BCUT2D eigenvalue weighted by molar-refractivity contribution is 5.96. The number of nitrogens with one attached hydrogen (secondary N) is 1. The van der Waals surface area contributed by atoms with E-state index >= 15 is 0 Å². The summed E-state index contributed by atoms with van der Waals surface area (Å²) in [6.45, 7) is 4.98. The molecule has 2 heterocycles. The Morgan fingerprint density at radius 1 is 0.938 bits per heavy atom. The van der Waals surface area contributed by atoms with Gasteiger partial charge in [-0.1, -0.05) is 61.5 Å². The predicted octanol–water partition coefficient (Wildman–Crippen LogP) is 6.02. The van der Waals surface area contributed by atoms with E-state index in [4.69, 9.17) is 26.8 Å². The maximum atomic E-state index is 11.7.